The van der Waals surface area contributed by atoms with Crippen LogP contribution in [-0.2, 0) is 10.3 Å². The molecule has 2 N–H and O–H groups in total. The van der Waals surface area contributed by atoms with E-state index in [0.717, 1.165) is 25.7 Å². The van der Waals surface area contributed by atoms with E-state index in [9.17, 15) is 4.39 Å². The number of halogens is 1. The van der Waals surface area contributed by atoms with Crippen molar-refractivity contribution in [3.05, 3.63) is 17.3 Å². The molecule has 1 fully saturated rings. The lowest BCUT2D eigenvalue weighted by Crippen LogP contribution is -2.35. The highest BCUT2D eigenvalue weighted by Gasteiger charge is 2.38. The van der Waals surface area contributed by atoms with Gasteiger partial charge in [-0.2, -0.15) is 0 Å². The van der Waals surface area contributed by atoms with Crippen molar-refractivity contribution in [1.82, 2.24) is 9.97 Å². The minimum absolute atomic E-state index is 0.0813. The number of nitrogens with two attached hydrogens (primary N) is 1. The number of aryl methyl sites for hydroxylation is 1. The summed E-state index contributed by atoms with van der Waals surface area (Å²) in [4.78, 5) is 8.37. The van der Waals surface area contributed by atoms with E-state index >= 15 is 0 Å². The zero-order valence-electron chi connectivity index (χ0n) is 11.0. The largest absolute Gasteiger partial charge is 0.381 e. The molecule has 1 aliphatic carbocycles. The van der Waals surface area contributed by atoms with E-state index in [1.165, 1.54) is 6.42 Å². The first-order valence-electron chi connectivity index (χ1n) is 6.53. The first kappa shape index (κ1) is 13.2. The van der Waals surface area contributed by atoms with E-state index in [1.54, 1.807) is 6.92 Å². The van der Waals surface area contributed by atoms with E-state index in [4.69, 9.17) is 10.5 Å². The summed E-state index contributed by atoms with van der Waals surface area (Å²) in [6.45, 7) is 4.16. The van der Waals surface area contributed by atoms with E-state index in [0.29, 0.717) is 18.1 Å². The number of hydrogen-bond donors (Lipinski definition) is 1. The fourth-order valence-corrected chi connectivity index (χ4v) is 2.62. The molecular formula is C13H20FN3O. The third-order valence-electron chi connectivity index (χ3n) is 3.53. The van der Waals surface area contributed by atoms with Crippen molar-refractivity contribution in [1.29, 1.82) is 0 Å². The smallest absolute Gasteiger partial charge is 0.186 e. The molecule has 0 radical (unpaired) electrons. The second kappa shape index (κ2) is 5.18. The van der Waals surface area contributed by atoms with Crippen molar-refractivity contribution in [2.24, 2.45) is 0 Å². The Balaban J connectivity index is 2.42. The molecule has 4 nitrogen and oxygen atoms in total. The van der Waals surface area contributed by atoms with E-state index in [-0.39, 0.29) is 5.82 Å². The summed E-state index contributed by atoms with van der Waals surface area (Å²) in [6.07, 6.45) is 5.13. The van der Waals surface area contributed by atoms with Crippen molar-refractivity contribution in [2.75, 3.05) is 12.3 Å². The molecule has 1 aliphatic rings. The summed E-state index contributed by atoms with van der Waals surface area (Å²) in [5.74, 6) is -0.0659. The number of nitrogen functional groups attached to an aromatic ring is 1. The highest BCUT2D eigenvalue weighted by atomic mass is 19.1. The highest BCUT2D eigenvalue weighted by molar-refractivity contribution is 5.33. The quantitative estimate of drug-likeness (QED) is 0.899. The molecule has 1 heterocycles. The Kier molecular flexibility index (Phi) is 3.80. The molecule has 0 amide bonds. The molecule has 18 heavy (non-hydrogen) atoms. The molecule has 1 aromatic rings. The van der Waals surface area contributed by atoms with Crippen LogP contribution < -0.4 is 5.73 Å². The molecule has 100 valence electrons. The summed E-state index contributed by atoms with van der Waals surface area (Å²) in [7, 11) is 0. The van der Waals surface area contributed by atoms with Gasteiger partial charge in [-0.1, -0.05) is 19.3 Å². The predicted molar refractivity (Wildman–Crippen MR) is 67.5 cm³/mol. The van der Waals surface area contributed by atoms with Gasteiger partial charge in [0.1, 0.15) is 5.60 Å². The lowest BCUT2D eigenvalue weighted by Gasteiger charge is -2.35. The molecule has 5 heteroatoms. The lowest BCUT2D eigenvalue weighted by molar-refractivity contribution is -0.0767. The summed E-state index contributed by atoms with van der Waals surface area (Å²) in [5, 5.41) is 0. The number of rotatable bonds is 3. The van der Waals surface area contributed by atoms with Gasteiger partial charge in [-0.25, -0.2) is 14.4 Å². The Morgan fingerprint density at radius 3 is 2.50 bits per heavy atom. The maximum absolute atomic E-state index is 13.5. The molecule has 1 aromatic heterocycles. The predicted octanol–water partition coefficient (Wildman–Crippen LogP) is 2.70. The molecule has 2 rings (SSSR count). The molecule has 1 saturated carbocycles. The fourth-order valence-electron chi connectivity index (χ4n) is 2.62. The number of hydrogen-bond acceptors (Lipinski definition) is 4. The van der Waals surface area contributed by atoms with Crippen LogP contribution in [0.15, 0.2) is 0 Å². The first-order valence-corrected chi connectivity index (χ1v) is 6.53. The van der Waals surface area contributed by atoms with Crippen LogP contribution in [0.3, 0.4) is 0 Å². The van der Waals surface area contributed by atoms with Crippen LogP contribution in [-0.4, -0.2) is 16.6 Å². The van der Waals surface area contributed by atoms with Crippen molar-refractivity contribution in [3.8, 4) is 0 Å². The summed E-state index contributed by atoms with van der Waals surface area (Å²) in [6, 6.07) is 0. The zero-order valence-corrected chi connectivity index (χ0v) is 11.0. The van der Waals surface area contributed by atoms with Crippen molar-refractivity contribution < 1.29 is 9.13 Å². The second-order valence-electron chi connectivity index (χ2n) is 4.82. The minimum Gasteiger partial charge on any atom is -0.381 e. The summed E-state index contributed by atoms with van der Waals surface area (Å²) < 4.78 is 19.4. The maximum Gasteiger partial charge on any atom is 0.186 e. The van der Waals surface area contributed by atoms with Gasteiger partial charge in [-0.3, -0.25) is 0 Å². The Morgan fingerprint density at radius 2 is 1.94 bits per heavy atom. The zero-order chi connectivity index (χ0) is 13.2. The molecule has 0 bridgehead atoms. The van der Waals surface area contributed by atoms with Gasteiger partial charge in [0.15, 0.2) is 17.5 Å². The van der Waals surface area contributed by atoms with Gasteiger partial charge in [0.2, 0.25) is 0 Å². The van der Waals surface area contributed by atoms with Crippen molar-refractivity contribution in [3.63, 3.8) is 0 Å². The molecular weight excluding hydrogens is 233 g/mol. The van der Waals surface area contributed by atoms with Gasteiger partial charge in [-0.05, 0) is 26.7 Å². The van der Waals surface area contributed by atoms with E-state index in [1.807, 2.05) is 6.92 Å². The topological polar surface area (TPSA) is 61.0 Å². The maximum atomic E-state index is 13.5. The lowest BCUT2D eigenvalue weighted by atomic mass is 9.83. The molecule has 0 aliphatic heterocycles. The monoisotopic (exact) mass is 253 g/mol. The standard InChI is InChI=1S/C13H20FN3O/c1-3-18-13(7-5-4-6-8-13)12-16-9(2)10(14)11(15)17-12/h3-8H2,1-2H3,(H2,15,16,17). The Hall–Kier alpha value is -1.23. The van der Waals surface area contributed by atoms with Crippen LogP contribution in [0, 0.1) is 12.7 Å². The van der Waals surface area contributed by atoms with Gasteiger partial charge in [0.25, 0.3) is 0 Å². The average molecular weight is 253 g/mol. The third kappa shape index (κ3) is 2.32. The van der Waals surface area contributed by atoms with Gasteiger partial charge >= 0.3 is 0 Å². The molecule has 0 atom stereocenters. The molecule has 0 saturated heterocycles. The Bertz CT molecular complexity index is 402. The van der Waals surface area contributed by atoms with Gasteiger partial charge in [0.05, 0.1) is 5.69 Å². The first-order chi connectivity index (χ1) is 8.59. The average Bonchev–Trinajstić information content (AvgIpc) is 2.37. The third-order valence-corrected chi connectivity index (χ3v) is 3.53. The SMILES string of the molecule is CCOC1(c2nc(C)c(F)c(N)n2)CCCCC1. The van der Waals surface area contributed by atoms with Crippen LogP contribution in [0.25, 0.3) is 0 Å². The normalized spacial score (nSPS) is 18.8. The number of aromatic nitrogens is 2. The fraction of sp³-hybridized carbons (Fsp3) is 0.692. The van der Waals surface area contributed by atoms with Crippen LogP contribution in [0.4, 0.5) is 10.2 Å². The molecule has 0 unspecified atom stereocenters. The van der Waals surface area contributed by atoms with Gasteiger partial charge in [0, 0.05) is 6.61 Å². The van der Waals surface area contributed by atoms with E-state index < -0.39 is 11.4 Å². The summed E-state index contributed by atoms with van der Waals surface area (Å²) in [5.41, 5.74) is 5.42. The minimum atomic E-state index is -0.527. The second-order valence-corrected chi connectivity index (χ2v) is 4.82. The van der Waals surface area contributed by atoms with Crippen LogP contribution in [0.2, 0.25) is 0 Å². The van der Waals surface area contributed by atoms with E-state index in [2.05, 4.69) is 9.97 Å². The number of nitrogens with zero attached hydrogens (tertiary/aromatic N) is 2. The highest BCUT2D eigenvalue weighted by Crippen LogP contribution is 2.39. The Labute approximate surface area is 107 Å². The van der Waals surface area contributed by atoms with Gasteiger partial charge < -0.3 is 10.5 Å². The van der Waals surface area contributed by atoms with Crippen LogP contribution >= 0.6 is 0 Å². The van der Waals surface area contributed by atoms with Crippen molar-refractivity contribution in [2.45, 2.75) is 51.6 Å². The Morgan fingerprint density at radius 1 is 1.28 bits per heavy atom. The van der Waals surface area contributed by atoms with Crippen LogP contribution in [0.5, 0.6) is 0 Å². The number of anilines is 1. The summed E-state index contributed by atoms with van der Waals surface area (Å²) >= 11 is 0. The van der Waals surface area contributed by atoms with Gasteiger partial charge in [-0.15, -0.1) is 0 Å². The number of ether oxygens (including phenoxy) is 1. The van der Waals surface area contributed by atoms with Crippen molar-refractivity contribution >= 4 is 5.82 Å². The van der Waals surface area contributed by atoms with Crippen LogP contribution in [0.1, 0.15) is 50.5 Å². The molecule has 0 aromatic carbocycles. The molecule has 0 spiro atoms.